The first-order valence-corrected chi connectivity index (χ1v) is 20.4. The average molecular weight is 753 g/mol. The summed E-state index contributed by atoms with van der Waals surface area (Å²) in [5.41, 5.74) is 17.7. The van der Waals surface area contributed by atoms with Gasteiger partial charge in [0.15, 0.2) is 5.82 Å². The molecule has 0 atom stereocenters. The second-order valence-electron chi connectivity index (χ2n) is 16.2. The number of aromatic nitrogens is 2. The Morgan fingerprint density at radius 1 is 0.305 bits per heavy atom. The quantitative estimate of drug-likeness (QED) is 0.169. The Morgan fingerprint density at radius 3 is 1.39 bits per heavy atom. The Hall–Kier alpha value is -7.42. The largest absolute Gasteiger partial charge is 0.228 e. The summed E-state index contributed by atoms with van der Waals surface area (Å²) in [4.78, 5) is 10.4. The highest BCUT2D eigenvalue weighted by Gasteiger charge is 2.36. The molecule has 9 aromatic carbocycles. The van der Waals surface area contributed by atoms with Crippen LogP contribution in [0.1, 0.15) is 25.0 Å². The van der Waals surface area contributed by atoms with Gasteiger partial charge in [-0.25, -0.2) is 9.97 Å². The van der Waals surface area contributed by atoms with Gasteiger partial charge in [-0.15, -0.1) is 0 Å². The summed E-state index contributed by atoms with van der Waals surface area (Å²) in [6.07, 6.45) is 0. The minimum absolute atomic E-state index is 0.104. The first-order valence-electron chi connectivity index (χ1n) is 20.4. The van der Waals surface area contributed by atoms with E-state index in [1.807, 2.05) is 18.2 Å². The second-order valence-corrected chi connectivity index (χ2v) is 16.2. The Balaban J connectivity index is 0.961. The number of hydrogen-bond donors (Lipinski definition) is 0. The van der Waals surface area contributed by atoms with Crippen LogP contribution in [0.5, 0.6) is 0 Å². The summed E-state index contributed by atoms with van der Waals surface area (Å²) >= 11 is 0. The van der Waals surface area contributed by atoms with Gasteiger partial charge in [-0.1, -0.05) is 202 Å². The minimum Gasteiger partial charge on any atom is -0.228 e. The van der Waals surface area contributed by atoms with E-state index >= 15 is 0 Å². The van der Waals surface area contributed by atoms with Crippen LogP contribution in [-0.4, -0.2) is 9.97 Å². The van der Waals surface area contributed by atoms with Gasteiger partial charge >= 0.3 is 0 Å². The second kappa shape index (κ2) is 13.9. The number of hydrogen-bond acceptors (Lipinski definition) is 2. The predicted molar refractivity (Wildman–Crippen MR) is 247 cm³/mol. The molecule has 10 aromatic rings. The number of nitrogens with zero attached hydrogens (tertiary/aromatic N) is 2. The maximum Gasteiger partial charge on any atom is 0.160 e. The molecule has 0 saturated heterocycles. The van der Waals surface area contributed by atoms with Crippen molar-refractivity contribution in [3.8, 4) is 78.4 Å². The lowest BCUT2D eigenvalue weighted by Crippen LogP contribution is -2.15. The van der Waals surface area contributed by atoms with E-state index in [0.29, 0.717) is 5.82 Å². The average Bonchev–Trinajstić information content (AvgIpc) is 3.53. The van der Waals surface area contributed by atoms with Crippen molar-refractivity contribution in [2.75, 3.05) is 0 Å². The van der Waals surface area contributed by atoms with Crippen LogP contribution in [0, 0.1) is 0 Å². The first kappa shape index (κ1) is 34.8. The molecule has 0 amide bonds. The van der Waals surface area contributed by atoms with Crippen LogP contribution in [0.15, 0.2) is 206 Å². The van der Waals surface area contributed by atoms with Crippen LogP contribution >= 0.6 is 0 Å². The van der Waals surface area contributed by atoms with E-state index in [0.717, 1.165) is 33.5 Å². The summed E-state index contributed by atoms with van der Waals surface area (Å²) in [6.45, 7) is 4.73. The van der Waals surface area contributed by atoms with Crippen molar-refractivity contribution < 1.29 is 0 Å². The van der Waals surface area contributed by atoms with Gasteiger partial charge in [-0.2, -0.15) is 0 Å². The van der Waals surface area contributed by atoms with E-state index in [1.165, 1.54) is 71.8 Å². The highest BCUT2D eigenvalue weighted by atomic mass is 14.9. The summed E-state index contributed by atoms with van der Waals surface area (Å²) in [6, 6.07) is 74.4. The van der Waals surface area contributed by atoms with Crippen LogP contribution in [0.25, 0.3) is 100.0 Å². The standard InChI is InChI=1S/C57H40N2/c1-57(2)52-34-42(37-14-5-3-6-15-37)28-30-48(52)49-31-29-43(35-53(49)57)38-24-26-40(27-25-38)45-32-33-51(47-22-12-11-21-46(45)47)55-36-54(58-56(59-55)41-17-7-4-8-18-41)50-23-13-19-39-16-9-10-20-44(39)50/h3-36H,1-2H3. The van der Waals surface area contributed by atoms with Crippen molar-refractivity contribution >= 4 is 21.5 Å². The lowest BCUT2D eigenvalue weighted by molar-refractivity contribution is 0.661. The van der Waals surface area contributed by atoms with E-state index < -0.39 is 0 Å². The molecule has 0 N–H and O–H groups in total. The van der Waals surface area contributed by atoms with Crippen molar-refractivity contribution in [3.05, 3.63) is 217 Å². The fourth-order valence-corrected chi connectivity index (χ4v) is 9.23. The van der Waals surface area contributed by atoms with Gasteiger partial charge < -0.3 is 0 Å². The van der Waals surface area contributed by atoms with Gasteiger partial charge in [0.05, 0.1) is 11.4 Å². The maximum absolute atomic E-state index is 5.23. The van der Waals surface area contributed by atoms with Gasteiger partial charge in [-0.3, -0.25) is 0 Å². The molecule has 1 heterocycles. The van der Waals surface area contributed by atoms with E-state index in [4.69, 9.17) is 9.97 Å². The van der Waals surface area contributed by atoms with Gasteiger partial charge in [-0.05, 0) is 95.4 Å². The minimum atomic E-state index is -0.104. The molecule has 0 fully saturated rings. The third-order valence-electron chi connectivity index (χ3n) is 12.3. The maximum atomic E-state index is 5.23. The van der Waals surface area contributed by atoms with Crippen LogP contribution in [0.2, 0.25) is 0 Å². The van der Waals surface area contributed by atoms with Gasteiger partial charge in [0.1, 0.15) is 0 Å². The zero-order chi connectivity index (χ0) is 39.5. The lowest BCUT2D eigenvalue weighted by atomic mass is 9.81. The molecule has 2 nitrogen and oxygen atoms in total. The Morgan fingerprint density at radius 2 is 0.746 bits per heavy atom. The molecule has 0 unspecified atom stereocenters. The van der Waals surface area contributed by atoms with Crippen LogP contribution in [-0.2, 0) is 5.41 Å². The first-order chi connectivity index (χ1) is 29.0. The van der Waals surface area contributed by atoms with Gasteiger partial charge in [0.25, 0.3) is 0 Å². The van der Waals surface area contributed by atoms with E-state index in [9.17, 15) is 0 Å². The Labute approximate surface area is 345 Å². The van der Waals surface area contributed by atoms with Crippen molar-refractivity contribution in [2.24, 2.45) is 0 Å². The highest BCUT2D eigenvalue weighted by Crippen LogP contribution is 2.51. The Bertz CT molecular complexity index is 3210. The summed E-state index contributed by atoms with van der Waals surface area (Å²) in [5, 5.41) is 4.71. The zero-order valence-corrected chi connectivity index (χ0v) is 33.0. The molecule has 0 bridgehead atoms. The third kappa shape index (κ3) is 5.96. The molecule has 0 spiro atoms. The SMILES string of the molecule is CC1(C)c2cc(-c3ccccc3)ccc2-c2ccc(-c3ccc(-c4ccc(-c5cc(-c6cccc7ccccc67)nc(-c6ccccc6)n5)c5ccccc45)cc3)cc21. The molecular formula is C57H40N2. The number of rotatable bonds is 6. The van der Waals surface area contributed by atoms with E-state index in [1.54, 1.807) is 0 Å². The molecular weight excluding hydrogens is 713 g/mol. The molecule has 0 aliphatic heterocycles. The lowest BCUT2D eigenvalue weighted by Gasteiger charge is -2.22. The molecule has 1 aliphatic carbocycles. The smallest absolute Gasteiger partial charge is 0.160 e. The van der Waals surface area contributed by atoms with Crippen LogP contribution in [0.3, 0.4) is 0 Å². The molecule has 0 saturated carbocycles. The molecule has 2 heteroatoms. The van der Waals surface area contributed by atoms with Crippen molar-refractivity contribution in [2.45, 2.75) is 19.3 Å². The fraction of sp³-hybridized carbons (Fsp3) is 0.0526. The van der Waals surface area contributed by atoms with E-state index in [-0.39, 0.29) is 5.41 Å². The molecule has 1 aliphatic rings. The van der Waals surface area contributed by atoms with Gasteiger partial charge in [0.2, 0.25) is 0 Å². The highest BCUT2D eigenvalue weighted by molar-refractivity contribution is 6.05. The fourth-order valence-electron chi connectivity index (χ4n) is 9.23. The predicted octanol–water partition coefficient (Wildman–Crippen LogP) is 15.1. The van der Waals surface area contributed by atoms with Crippen molar-refractivity contribution in [3.63, 3.8) is 0 Å². The molecule has 0 radical (unpaired) electrons. The summed E-state index contributed by atoms with van der Waals surface area (Å²) in [7, 11) is 0. The summed E-state index contributed by atoms with van der Waals surface area (Å²) < 4.78 is 0. The van der Waals surface area contributed by atoms with Crippen molar-refractivity contribution in [1.82, 2.24) is 9.97 Å². The summed E-state index contributed by atoms with van der Waals surface area (Å²) in [5.74, 6) is 0.713. The number of fused-ring (bicyclic) bond motifs is 5. The Kier molecular flexibility index (Phi) is 8.20. The van der Waals surface area contributed by atoms with Crippen molar-refractivity contribution in [1.29, 1.82) is 0 Å². The van der Waals surface area contributed by atoms with Crippen LogP contribution in [0.4, 0.5) is 0 Å². The topological polar surface area (TPSA) is 25.8 Å². The molecule has 1 aromatic heterocycles. The van der Waals surface area contributed by atoms with Crippen LogP contribution < -0.4 is 0 Å². The third-order valence-corrected chi connectivity index (χ3v) is 12.3. The normalized spacial score (nSPS) is 12.7. The number of benzene rings is 9. The zero-order valence-electron chi connectivity index (χ0n) is 33.0. The molecule has 11 rings (SSSR count). The monoisotopic (exact) mass is 752 g/mol. The molecule has 59 heavy (non-hydrogen) atoms. The molecule has 278 valence electrons. The van der Waals surface area contributed by atoms with E-state index in [2.05, 4.69) is 202 Å². The van der Waals surface area contributed by atoms with Gasteiger partial charge in [0, 0.05) is 22.1 Å².